The molecule has 4 atom stereocenters. The monoisotopic (exact) mass is 591 g/mol. The second-order valence-corrected chi connectivity index (χ2v) is 12.4. The summed E-state index contributed by atoms with van der Waals surface area (Å²) in [5.74, 6) is -5.49. The van der Waals surface area contributed by atoms with Crippen molar-refractivity contribution in [1.29, 1.82) is 0 Å². The van der Waals surface area contributed by atoms with Crippen LogP contribution in [0.15, 0.2) is 45.6 Å². The molecule has 228 valence electrons. The SMILES string of the molecule is CN(C)C1C(=O)C(C(N)=O)=C(O)[C@@]2(O)C(=O)C3=C(O)c4c(O)ccc(-c5ccc(CNC6CCCCC6)o5)c4C[C@H]3C[C@@H]12. The summed E-state index contributed by atoms with van der Waals surface area (Å²) >= 11 is 0. The van der Waals surface area contributed by atoms with E-state index in [1.54, 1.807) is 20.2 Å². The van der Waals surface area contributed by atoms with E-state index in [0.717, 1.165) is 18.6 Å². The van der Waals surface area contributed by atoms with E-state index in [0.29, 0.717) is 29.5 Å². The molecule has 4 aliphatic rings. The number of likely N-dealkylation sites (N-methyl/N-ethyl adjacent to an activating group) is 1. The Kier molecular flexibility index (Phi) is 7.22. The number of benzene rings is 1. The minimum atomic E-state index is -2.67. The van der Waals surface area contributed by atoms with Gasteiger partial charge in [-0.1, -0.05) is 19.3 Å². The first-order chi connectivity index (χ1) is 20.4. The molecule has 1 heterocycles. The molecule has 0 aliphatic heterocycles. The number of carbonyl (C=O) groups is 3. The minimum absolute atomic E-state index is 0.0234. The molecule has 1 unspecified atom stereocenters. The normalized spacial score (nSPS) is 27.8. The lowest BCUT2D eigenvalue weighted by molar-refractivity contribution is -0.153. The van der Waals surface area contributed by atoms with Gasteiger partial charge in [-0.3, -0.25) is 19.3 Å². The second kappa shape index (κ2) is 10.7. The molecule has 43 heavy (non-hydrogen) atoms. The van der Waals surface area contributed by atoms with E-state index < -0.39 is 58.0 Å². The Labute approximate surface area is 248 Å². The standard InChI is InChI=1S/C32H37N3O8/c1-35(2)26-20-13-15-12-19-18(22-11-8-17(43-22)14-34-16-6-4-3-5-7-16)9-10-21(36)24(19)27(37)23(15)29(39)32(20,42)30(40)25(28(26)38)31(33)41/h8-11,15-16,20,26,34,36-37,40,42H,3-7,12-14H2,1-2H3,(H2,33,41)/t15-,20-,26?,32-/m0/s1. The summed E-state index contributed by atoms with van der Waals surface area (Å²) in [4.78, 5) is 40.9. The van der Waals surface area contributed by atoms with E-state index in [2.05, 4.69) is 5.32 Å². The number of phenolic OH excluding ortho intramolecular Hbond substituents is 1. The number of nitrogens with zero attached hydrogens (tertiary/aromatic N) is 1. The molecule has 11 nitrogen and oxygen atoms in total. The Bertz CT molecular complexity index is 1580. The van der Waals surface area contributed by atoms with Gasteiger partial charge in [0.25, 0.3) is 5.91 Å². The summed E-state index contributed by atoms with van der Waals surface area (Å²) < 4.78 is 6.19. The maximum atomic E-state index is 14.0. The summed E-state index contributed by atoms with van der Waals surface area (Å²) in [6.07, 6.45) is 6.19. The van der Waals surface area contributed by atoms with Crippen molar-refractivity contribution in [1.82, 2.24) is 10.2 Å². The number of aliphatic hydroxyl groups excluding tert-OH is 2. The summed E-state index contributed by atoms with van der Waals surface area (Å²) in [6.45, 7) is 0.571. The first-order valence-corrected chi connectivity index (χ1v) is 14.8. The van der Waals surface area contributed by atoms with Gasteiger partial charge >= 0.3 is 0 Å². The van der Waals surface area contributed by atoms with Crippen LogP contribution in [0.25, 0.3) is 17.1 Å². The van der Waals surface area contributed by atoms with Gasteiger partial charge in [-0.2, -0.15) is 0 Å². The van der Waals surface area contributed by atoms with Crippen molar-refractivity contribution in [3.63, 3.8) is 0 Å². The molecule has 0 spiro atoms. The van der Waals surface area contributed by atoms with Gasteiger partial charge in [0.15, 0.2) is 11.4 Å². The molecule has 6 rings (SSSR count). The zero-order chi connectivity index (χ0) is 30.8. The van der Waals surface area contributed by atoms with Crippen LogP contribution in [0.3, 0.4) is 0 Å². The highest BCUT2D eigenvalue weighted by Crippen LogP contribution is 2.53. The van der Waals surface area contributed by atoms with Crippen molar-refractivity contribution in [2.75, 3.05) is 14.1 Å². The first kappa shape index (κ1) is 29.2. The number of nitrogens with two attached hydrogens (primary N) is 1. The number of nitrogens with one attached hydrogen (secondary N) is 1. The maximum absolute atomic E-state index is 14.0. The average molecular weight is 592 g/mol. The van der Waals surface area contributed by atoms with Crippen LogP contribution in [-0.2, 0) is 27.3 Å². The number of furan rings is 1. The van der Waals surface area contributed by atoms with Crippen molar-refractivity contribution >= 4 is 23.2 Å². The molecular weight excluding hydrogens is 554 g/mol. The van der Waals surface area contributed by atoms with Crippen molar-refractivity contribution < 1.29 is 39.2 Å². The number of Topliss-reactive ketones (excluding diaryl/α,β-unsaturated/α-hetero) is 2. The Hall–Kier alpha value is -3.93. The molecule has 0 bridgehead atoms. The molecule has 1 aromatic carbocycles. The Morgan fingerprint density at radius 1 is 1.09 bits per heavy atom. The zero-order valence-corrected chi connectivity index (χ0v) is 24.2. The Morgan fingerprint density at radius 3 is 2.49 bits per heavy atom. The third-order valence-corrected chi connectivity index (χ3v) is 9.70. The number of hydrogen-bond donors (Lipinski definition) is 6. The number of rotatable bonds is 6. The molecule has 0 radical (unpaired) electrons. The molecule has 2 saturated carbocycles. The highest BCUT2D eigenvalue weighted by molar-refractivity contribution is 6.24. The molecule has 11 heteroatoms. The van der Waals surface area contributed by atoms with Crippen LogP contribution in [0.5, 0.6) is 5.75 Å². The van der Waals surface area contributed by atoms with Crippen LogP contribution in [0.1, 0.15) is 55.4 Å². The third kappa shape index (κ3) is 4.49. The molecule has 2 aromatic rings. The van der Waals surface area contributed by atoms with Crippen LogP contribution >= 0.6 is 0 Å². The fraction of sp³-hybridized carbons (Fsp3) is 0.469. The predicted octanol–water partition coefficient (Wildman–Crippen LogP) is 2.65. The van der Waals surface area contributed by atoms with Crippen LogP contribution in [0, 0.1) is 11.8 Å². The zero-order valence-electron chi connectivity index (χ0n) is 24.2. The fourth-order valence-electron chi connectivity index (χ4n) is 7.64. The van der Waals surface area contributed by atoms with Crippen LogP contribution in [0.2, 0.25) is 0 Å². The maximum Gasteiger partial charge on any atom is 0.255 e. The van der Waals surface area contributed by atoms with Gasteiger partial charge in [-0.15, -0.1) is 0 Å². The van der Waals surface area contributed by atoms with Gasteiger partial charge in [0, 0.05) is 23.1 Å². The lowest BCUT2D eigenvalue weighted by Gasteiger charge is -2.50. The van der Waals surface area contributed by atoms with Gasteiger partial charge in [0.2, 0.25) is 5.78 Å². The first-order valence-electron chi connectivity index (χ1n) is 14.8. The van der Waals surface area contributed by atoms with E-state index in [-0.39, 0.29) is 29.7 Å². The average Bonchev–Trinajstić information content (AvgIpc) is 3.43. The molecular formula is C32H37N3O8. The molecule has 2 fully saturated rings. The van der Waals surface area contributed by atoms with E-state index in [4.69, 9.17) is 10.2 Å². The second-order valence-electron chi connectivity index (χ2n) is 12.4. The van der Waals surface area contributed by atoms with Gasteiger partial charge in [0.05, 0.1) is 18.2 Å². The van der Waals surface area contributed by atoms with Crippen molar-refractivity contribution in [2.45, 2.75) is 69.2 Å². The number of phenols is 1. The largest absolute Gasteiger partial charge is 0.508 e. The van der Waals surface area contributed by atoms with Gasteiger partial charge in [0.1, 0.15) is 34.4 Å². The third-order valence-electron chi connectivity index (χ3n) is 9.70. The number of ketones is 2. The molecule has 1 aromatic heterocycles. The molecule has 7 N–H and O–H groups in total. The van der Waals surface area contributed by atoms with Crippen LogP contribution in [0.4, 0.5) is 0 Å². The highest BCUT2D eigenvalue weighted by Gasteiger charge is 2.64. The summed E-state index contributed by atoms with van der Waals surface area (Å²) in [7, 11) is 3.14. The highest BCUT2D eigenvalue weighted by atomic mass is 16.4. The molecule has 4 aliphatic carbocycles. The summed E-state index contributed by atoms with van der Waals surface area (Å²) in [5.41, 5.74) is 2.93. The van der Waals surface area contributed by atoms with E-state index in [1.165, 1.54) is 30.2 Å². The van der Waals surface area contributed by atoms with Gasteiger partial charge in [-0.05, 0) is 75.5 Å². The predicted molar refractivity (Wildman–Crippen MR) is 156 cm³/mol. The fourth-order valence-corrected chi connectivity index (χ4v) is 7.64. The van der Waals surface area contributed by atoms with Crippen molar-refractivity contribution in [3.05, 3.63) is 58.1 Å². The number of primary amides is 1. The topological polar surface area (TPSA) is 187 Å². The van der Waals surface area contributed by atoms with Crippen LogP contribution in [-0.4, -0.2) is 74.6 Å². The number of fused-ring (bicyclic) bond motifs is 3. The molecule has 0 saturated heterocycles. The summed E-state index contributed by atoms with van der Waals surface area (Å²) in [5, 5.41) is 48.6. The van der Waals surface area contributed by atoms with Gasteiger partial charge < -0.3 is 35.9 Å². The number of amides is 1. The number of carbonyl (C=O) groups excluding carboxylic acids is 3. The quantitative estimate of drug-likeness (QED) is 0.273. The minimum Gasteiger partial charge on any atom is -0.508 e. The smallest absolute Gasteiger partial charge is 0.255 e. The summed E-state index contributed by atoms with van der Waals surface area (Å²) in [6, 6.07) is 6.15. The van der Waals surface area contributed by atoms with Crippen LogP contribution < -0.4 is 11.1 Å². The Balaban J connectivity index is 1.40. The number of aliphatic hydroxyl groups is 3. The number of hydrogen-bond acceptors (Lipinski definition) is 10. The Morgan fingerprint density at radius 2 is 1.81 bits per heavy atom. The molecule has 1 amide bonds. The van der Waals surface area contributed by atoms with E-state index in [1.807, 2.05) is 12.1 Å². The lowest BCUT2D eigenvalue weighted by atomic mass is 9.57. The van der Waals surface area contributed by atoms with Gasteiger partial charge in [-0.25, -0.2) is 0 Å². The van der Waals surface area contributed by atoms with E-state index in [9.17, 15) is 34.8 Å². The lowest BCUT2D eigenvalue weighted by Crippen LogP contribution is -2.65. The number of aromatic hydroxyl groups is 1. The van der Waals surface area contributed by atoms with Crippen molar-refractivity contribution in [2.24, 2.45) is 17.6 Å². The van der Waals surface area contributed by atoms with E-state index >= 15 is 0 Å². The van der Waals surface area contributed by atoms with Crippen molar-refractivity contribution in [3.8, 4) is 17.1 Å².